The van der Waals surface area contributed by atoms with Gasteiger partial charge in [0, 0.05) is 12.0 Å². The molecule has 144 valence electrons. The van der Waals surface area contributed by atoms with Crippen LogP contribution in [-0.2, 0) is 22.1 Å². The quantitative estimate of drug-likeness (QED) is 0.804. The van der Waals surface area contributed by atoms with Crippen molar-refractivity contribution in [1.29, 1.82) is 0 Å². The second-order valence-electron chi connectivity index (χ2n) is 6.20. The number of aryl methyl sites for hydroxylation is 2. The molecule has 2 rings (SSSR count). The van der Waals surface area contributed by atoms with Crippen LogP contribution in [0, 0.1) is 13.8 Å². The summed E-state index contributed by atoms with van der Waals surface area (Å²) in [5.74, 6) is -1.27. The molecule has 1 N–H and O–H groups in total. The van der Waals surface area contributed by atoms with Crippen LogP contribution in [0.4, 0.5) is 13.2 Å². The number of nitrogens with one attached hydrogen (secondary N) is 1. The summed E-state index contributed by atoms with van der Waals surface area (Å²) in [4.78, 5) is 24.5. The van der Waals surface area contributed by atoms with Crippen LogP contribution in [0.5, 0.6) is 0 Å². The first-order chi connectivity index (χ1) is 12.6. The molecule has 0 saturated heterocycles. The maximum absolute atomic E-state index is 12.6. The Labute approximate surface area is 155 Å². The first kappa shape index (κ1) is 20.5. The van der Waals surface area contributed by atoms with Gasteiger partial charge in [-0.1, -0.05) is 18.2 Å². The fourth-order valence-electron chi connectivity index (χ4n) is 2.76. The summed E-state index contributed by atoms with van der Waals surface area (Å²) < 4.78 is 42.7. The van der Waals surface area contributed by atoms with Crippen LogP contribution in [0.25, 0.3) is 0 Å². The van der Waals surface area contributed by atoms with Crippen LogP contribution < -0.4 is 5.32 Å². The van der Waals surface area contributed by atoms with Gasteiger partial charge in [-0.05, 0) is 54.8 Å². The summed E-state index contributed by atoms with van der Waals surface area (Å²) in [6, 6.07) is 8.53. The van der Waals surface area contributed by atoms with E-state index < -0.39 is 29.7 Å². The molecule has 0 fully saturated rings. The lowest BCUT2D eigenvalue weighted by Gasteiger charge is -2.19. The van der Waals surface area contributed by atoms with E-state index in [2.05, 4.69) is 5.32 Å². The number of amides is 1. The molecule has 1 atom stereocenters. The Morgan fingerprint density at radius 3 is 2.07 bits per heavy atom. The zero-order valence-electron chi connectivity index (χ0n) is 15.2. The summed E-state index contributed by atoms with van der Waals surface area (Å²) in [7, 11) is 1.21. The highest BCUT2D eigenvalue weighted by Crippen LogP contribution is 2.29. The molecule has 0 radical (unpaired) electrons. The molecule has 0 aliphatic heterocycles. The standard InChI is InChI=1S/C20H20F3NO3/c1-12-5-4-6-13(2)16(12)11-17(19(26)27-3)24-18(25)14-7-9-15(10-8-14)20(21,22)23/h4-10,17H,11H2,1-3H3,(H,24,25)/t17-/m1/s1. The number of rotatable bonds is 5. The normalized spacial score (nSPS) is 12.4. The molecule has 2 aromatic rings. The van der Waals surface area contributed by atoms with Gasteiger partial charge in [-0.3, -0.25) is 4.79 Å². The highest BCUT2D eigenvalue weighted by atomic mass is 19.4. The highest BCUT2D eigenvalue weighted by Gasteiger charge is 2.30. The van der Waals surface area contributed by atoms with Crippen molar-refractivity contribution in [1.82, 2.24) is 5.32 Å². The predicted molar refractivity (Wildman–Crippen MR) is 94.3 cm³/mol. The van der Waals surface area contributed by atoms with Gasteiger partial charge in [0.15, 0.2) is 0 Å². The van der Waals surface area contributed by atoms with E-state index in [0.29, 0.717) is 0 Å². The van der Waals surface area contributed by atoms with Crippen LogP contribution in [0.15, 0.2) is 42.5 Å². The van der Waals surface area contributed by atoms with Gasteiger partial charge in [0.25, 0.3) is 5.91 Å². The predicted octanol–water partition coefficient (Wildman–Crippen LogP) is 3.84. The second kappa shape index (κ2) is 8.24. The highest BCUT2D eigenvalue weighted by molar-refractivity contribution is 5.96. The third kappa shape index (κ3) is 5.09. The van der Waals surface area contributed by atoms with E-state index in [-0.39, 0.29) is 12.0 Å². The van der Waals surface area contributed by atoms with Gasteiger partial charge in [-0.25, -0.2) is 4.79 Å². The summed E-state index contributed by atoms with van der Waals surface area (Å²) in [5, 5.41) is 2.55. The molecule has 0 aliphatic carbocycles. The first-order valence-electron chi connectivity index (χ1n) is 8.24. The fourth-order valence-corrected chi connectivity index (χ4v) is 2.76. The van der Waals surface area contributed by atoms with Crippen molar-refractivity contribution in [2.24, 2.45) is 0 Å². The molecule has 4 nitrogen and oxygen atoms in total. The number of hydrogen-bond donors (Lipinski definition) is 1. The van der Waals surface area contributed by atoms with Gasteiger partial charge in [-0.15, -0.1) is 0 Å². The van der Waals surface area contributed by atoms with Gasteiger partial charge in [0.2, 0.25) is 0 Å². The molecule has 2 aromatic carbocycles. The van der Waals surface area contributed by atoms with Crippen molar-refractivity contribution >= 4 is 11.9 Å². The average Bonchev–Trinajstić information content (AvgIpc) is 2.62. The van der Waals surface area contributed by atoms with E-state index in [4.69, 9.17) is 4.74 Å². The summed E-state index contributed by atoms with van der Waals surface area (Å²) in [6.07, 6.45) is -4.26. The topological polar surface area (TPSA) is 55.4 Å². The number of ether oxygens (including phenoxy) is 1. The van der Waals surface area contributed by atoms with Crippen LogP contribution in [0.2, 0.25) is 0 Å². The summed E-state index contributed by atoms with van der Waals surface area (Å²) >= 11 is 0. The third-order valence-corrected chi connectivity index (χ3v) is 4.32. The van der Waals surface area contributed by atoms with Crippen molar-refractivity contribution in [2.75, 3.05) is 7.11 Å². The van der Waals surface area contributed by atoms with Crippen molar-refractivity contribution in [3.8, 4) is 0 Å². The third-order valence-electron chi connectivity index (χ3n) is 4.32. The molecule has 0 unspecified atom stereocenters. The number of hydrogen-bond acceptors (Lipinski definition) is 3. The molecule has 0 aromatic heterocycles. The Morgan fingerprint density at radius 1 is 1.04 bits per heavy atom. The van der Waals surface area contributed by atoms with Crippen molar-refractivity contribution in [3.63, 3.8) is 0 Å². The second-order valence-corrected chi connectivity index (χ2v) is 6.20. The number of carbonyl (C=O) groups excluding carboxylic acids is 2. The number of benzene rings is 2. The van der Waals surface area contributed by atoms with Crippen LogP contribution in [0.1, 0.15) is 32.6 Å². The van der Waals surface area contributed by atoms with Crippen molar-refractivity contribution in [3.05, 3.63) is 70.3 Å². The van der Waals surface area contributed by atoms with Gasteiger partial charge in [0.05, 0.1) is 12.7 Å². The van der Waals surface area contributed by atoms with E-state index >= 15 is 0 Å². The average molecular weight is 379 g/mol. The molecule has 0 bridgehead atoms. The Kier molecular flexibility index (Phi) is 6.25. The molecular formula is C20H20F3NO3. The Hall–Kier alpha value is -2.83. The van der Waals surface area contributed by atoms with Gasteiger partial charge >= 0.3 is 12.1 Å². The minimum atomic E-state index is -4.48. The summed E-state index contributed by atoms with van der Waals surface area (Å²) in [5.41, 5.74) is 2.01. The Morgan fingerprint density at radius 2 is 1.59 bits per heavy atom. The SMILES string of the molecule is COC(=O)[C@@H](Cc1c(C)cccc1C)NC(=O)c1ccc(C(F)(F)F)cc1. The van der Waals surface area contributed by atoms with E-state index in [1.807, 2.05) is 32.0 Å². The Bertz CT molecular complexity index is 809. The molecule has 0 aliphatic rings. The summed E-state index contributed by atoms with van der Waals surface area (Å²) in [6.45, 7) is 3.79. The zero-order valence-corrected chi connectivity index (χ0v) is 15.2. The van der Waals surface area contributed by atoms with E-state index in [1.54, 1.807) is 0 Å². The van der Waals surface area contributed by atoms with Gasteiger partial charge in [0.1, 0.15) is 6.04 Å². The van der Waals surface area contributed by atoms with Crippen molar-refractivity contribution in [2.45, 2.75) is 32.5 Å². The molecule has 1 amide bonds. The fraction of sp³-hybridized carbons (Fsp3) is 0.300. The Balaban J connectivity index is 2.21. The van der Waals surface area contributed by atoms with Crippen LogP contribution >= 0.6 is 0 Å². The van der Waals surface area contributed by atoms with E-state index in [0.717, 1.165) is 41.0 Å². The number of alkyl halides is 3. The van der Waals surface area contributed by atoms with Crippen LogP contribution in [-0.4, -0.2) is 25.0 Å². The lowest BCUT2D eigenvalue weighted by molar-refractivity contribution is -0.142. The largest absolute Gasteiger partial charge is 0.467 e. The minimum Gasteiger partial charge on any atom is -0.467 e. The smallest absolute Gasteiger partial charge is 0.416 e. The van der Waals surface area contributed by atoms with Gasteiger partial charge in [-0.2, -0.15) is 13.2 Å². The zero-order chi connectivity index (χ0) is 20.2. The van der Waals surface area contributed by atoms with E-state index in [9.17, 15) is 22.8 Å². The number of halogens is 3. The number of carbonyl (C=O) groups is 2. The van der Waals surface area contributed by atoms with Crippen molar-refractivity contribution < 1.29 is 27.5 Å². The molecule has 27 heavy (non-hydrogen) atoms. The molecule has 7 heteroatoms. The minimum absolute atomic E-state index is 0.0263. The van der Waals surface area contributed by atoms with Crippen LogP contribution in [0.3, 0.4) is 0 Å². The number of esters is 1. The lowest BCUT2D eigenvalue weighted by Crippen LogP contribution is -2.43. The van der Waals surface area contributed by atoms with E-state index in [1.165, 1.54) is 7.11 Å². The first-order valence-corrected chi connectivity index (χ1v) is 8.24. The lowest BCUT2D eigenvalue weighted by atomic mass is 9.96. The van der Waals surface area contributed by atoms with Gasteiger partial charge < -0.3 is 10.1 Å². The molecule has 0 spiro atoms. The maximum atomic E-state index is 12.6. The molecular weight excluding hydrogens is 359 g/mol. The number of methoxy groups -OCH3 is 1. The molecule has 0 heterocycles. The maximum Gasteiger partial charge on any atom is 0.416 e. The molecule has 0 saturated carbocycles. The monoisotopic (exact) mass is 379 g/mol.